The van der Waals surface area contributed by atoms with Gasteiger partial charge in [0, 0.05) is 17.3 Å². The zero-order chi connectivity index (χ0) is 13.8. The molecule has 1 unspecified atom stereocenters. The maximum absolute atomic E-state index is 10.6. The predicted octanol–water partition coefficient (Wildman–Crippen LogP) is 3.15. The summed E-state index contributed by atoms with van der Waals surface area (Å²) in [7, 11) is 0. The minimum atomic E-state index is -0.821. The number of aromatic nitrogens is 2. The van der Waals surface area contributed by atoms with Gasteiger partial charge in [-0.05, 0) is 34.0 Å². The molecule has 2 rings (SSSR count). The number of carboxylic acid groups (broad SMARTS) is 1. The number of nitrogens with zero attached hydrogens (tertiary/aromatic N) is 2. The van der Waals surface area contributed by atoms with Gasteiger partial charge in [-0.15, -0.1) is 10.2 Å². The highest BCUT2D eigenvalue weighted by Gasteiger charge is 2.15. The Morgan fingerprint density at radius 2 is 2.16 bits per heavy atom. The molecule has 0 spiro atoms. The van der Waals surface area contributed by atoms with Crippen LogP contribution in [0.25, 0.3) is 11.5 Å². The van der Waals surface area contributed by atoms with E-state index in [1.165, 1.54) is 0 Å². The van der Waals surface area contributed by atoms with Gasteiger partial charge < -0.3 is 9.52 Å². The molecule has 1 N–H and O–H groups in total. The molecule has 0 aliphatic carbocycles. The van der Waals surface area contributed by atoms with Crippen molar-refractivity contribution >= 4 is 21.9 Å². The number of aliphatic carboxylic acids is 1. The van der Waals surface area contributed by atoms with Crippen LogP contribution in [0.2, 0.25) is 0 Å². The number of benzene rings is 1. The highest BCUT2D eigenvalue weighted by molar-refractivity contribution is 9.10. The van der Waals surface area contributed by atoms with Crippen LogP contribution in [0.3, 0.4) is 0 Å². The molecule has 2 aromatic rings. The quantitative estimate of drug-likeness (QED) is 0.914. The number of halogens is 1. The fourth-order valence-corrected chi connectivity index (χ4v) is 2.20. The first-order chi connectivity index (χ1) is 9.06. The van der Waals surface area contributed by atoms with Crippen molar-refractivity contribution in [3.8, 4) is 11.5 Å². The Bertz CT molecular complexity index is 583. The van der Waals surface area contributed by atoms with Crippen LogP contribution in [-0.4, -0.2) is 21.3 Å². The van der Waals surface area contributed by atoms with Gasteiger partial charge in [0.1, 0.15) is 0 Å². The summed E-state index contributed by atoms with van der Waals surface area (Å²) in [4.78, 5) is 10.6. The van der Waals surface area contributed by atoms with Crippen molar-refractivity contribution in [2.75, 3.05) is 0 Å². The Morgan fingerprint density at radius 3 is 2.84 bits per heavy atom. The zero-order valence-electron chi connectivity index (χ0n) is 10.3. The molecule has 19 heavy (non-hydrogen) atoms. The lowest BCUT2D eigenvalue weighted by molar-refractivity contribution is -0.137. The fourth-order valence-electron chi connectivity index (χ4n) is 1.75. The molecule has 1 atom stereocenters. The van der Waals surface area contributed by atoms with E-state index in [0.29, 0.717) is 18.2 Å². The summed E-state index contributed by atoms with van der Waals surface area (Å²) in [5.74, 6) is 0.0348. The summed E-state index contributed by atoms with van der Waals surface area (Å²) < 4.78 is 6.44. The van der Waals surface area contributed by atoms with Gasteiger partial charge in [-0.25, -0.2) is 0 Å². The molecule has 0 fully saturated rings. The van der Waals surface area contributed by atoms with Crippen molar-refractivity contribution in [1.29, 1.82) is 0 Å². The molecule has 0 radical (unpaired) electrons. The average Bonchev–Trinajstić information content (AvgIpc) is 2.76. The van der Waals surface area contributed by atoms with E-state index in [2.05, 4.69) is 26.1 Å². The Hall–Kier alpha value is -1.69. The van der Waals surface area contributed by atoms with Crippen LogP contribution in [0.1, 0.15) is 19.2 Å². The summed E-state index contributed by atoms with van der Waals surface area (Å²) in [5, 5.41) is 16.6. The molecule has 1 aromatic carbocycles. The summed E-state index contributed by atoms with van der Waals surface area (Å²) in [6.45, 7) is 1.84. The van der Waals surface area contributed by atoms with E-state index in [0.717, 1.165) is 10.0 Å². The molecule has 0 bridgehead atoms. The lowest BCUT2D eigenvalue weighted by atomic mass is 10.0. The fraction of sp³-hybridized carbons (Fsp3) is 0.308. The molecule has 5 nitrogen and oxygen atoms in total. The molecule has 100 valence electrons. The SMILES string of the molecule is CC(CC(=O)O)Cc1nnc(-c2ccccc2Br)o1. The molecular formula is C13H13BrN2O3. The second kappa shape index (κ2) is 5.97. The van der Waals surface area contributed by atoms with Gasteiger partial charge in [0.05, 0.1) is 5.56 Å². The van der Waals surface area contributed by atoms with Gasteiger partial charge in [-0.1, -0.05) is 19.1 Å². The predicted molar refractivity (Wildman–Crippen MR) is 72.6 cm³/mol. The molecule has 0 saturated carbocycles. The molecule has 0 aliphatic heterocycles. The van der Waals surface area contributed by atoms with Crippen molar-refractivity contribution in [2.45, 2.75) is 19.8 Å². The molecule has 6 heteroatoms. The van der Waals surface area contributed by atoms with Crippen LogP contribution in [0.4, 0.5) is 0 Å². The molecule has 0 aliphatic rings. The number of hydrogen-bond donors (Lipinski definition) is 1. The number of hydrogen-bond acceptors (Lipinski definition) is 4. The molecule has 1 aromatic heterocycles. The summed E-state index contributed by atoms with van der Waals surface area (Å²) >= 11 is 3.42. The zero-order valence-corrected chi connectivity index (χ0v) is 11.9. The van der Waals surface area contributed by atoms with Crippen molar-refractivity contribution in [3.63, 3.8) is 0 Å². The topological polar surface area (TPSA) is 76.2 Å². The third-order valence-electron chi connectivity index (χ3n) is 2.62. The lowest BCUT2D eigenvalue weighted by Crippen LogP contribution is -2.07. The van der Waals surface area contributed by atoms with Crippen LogP contribution in [-0.2, 0) is 11.2 Å². The van der Waals surface area contributed by atoms with Crippen LogP contribution in [0.15, 0.2) is 33.2 Å². The lowest BCUT2D eigenvalue weighted by Gasteiger charge is -2.03. The Kier molecular flexibility index (Phi) is 4.31. The number of carbonyl (C=O) groups is 1. The Balaban J connectivity index is 2.11. The van der Waals surface area contributed by atoms with Gasteiger partial charge in [-0.2, -0.15) is 0 Å². The normalized spacial score (nSPS) is 12.3. The van der Waals surface area contributed by atoms with E-state index in [4.69, 9.17) is 9.52 Å². The molecule has 0 amide bonds. The van der Waals surface area contributed by atoms with Crippen molar-refractivity contribution in [3.05, 3.63) is 34.6 Å². The Morgan fingerprint density at radius 1 is 1.42 bits per heavy atom. The van der Waals surface area contributed by atoms with E-state index < -0.39 is 5.97 Å². The van der Waals surface area contributed by atoms with Crippen molar-refractivity contribution in [1.82, 2.24) is 10.2 Å². The van der Waals surface area contributed by atoms with Gasteiger partial charge in [-0.3, -0.25) is 4.79 Å². The van der Waals surface area contributed by atoms with Crippen LogP contribution in [0.5, 0.6) is 0 Å². The molecule has 1 heterocycles. The molecule has 0 saturated heterocycles. The van der Waals surface area contributed by atoms with Crippen molar-refractivity contribution < 1.29 is 14.3 Å². The first-order valence-electron chi connectivity index (χ1n) is 5.85. The maximum Gasteiger partial charge on any atom is 0.303 e. The summed E-state index contributed by atoms with van der Waals surface area (Å²) in [5.41, 5.74) is 0.826. The van der Waals surface area contributed by atoms with Gasteiger partial charge in [0.25, 0.3) is 0 Å². The van der Waals surface area contributed by atoms with Crippen molar-refractivity contribution in [2.24, 2.45) is 5.92 Å². The van der Waals surface area contributed by atoms with Crippen LogP contribution >= 0.6 is 15.9 Å². The number of carboxylic acids is 1. The standard InChI is InChI=1S/C13H13BrN2O3/c1-8(7-12(17)18)6-11-15-16-13(19-11)9-4-2-3-5-10(9)14/h2-5,8H,6-7H2,1H3,(H,17,18). The minimum absolute atomic E-state index is 0.0370. The highest BCUT2D eigenvalue weighted by Crippen LogP contribution is 2.27. The molecular weight excluding hydrogens is 312 g/mol. The summed E-state index contributed by atoms with van der Waals surface area (Å²) in [6, 6.07) is 7.56. The van der Waals surface area contributed by atoms with Gasteiger partial charge in [0.15, 0.2) is 0 Å². The van der Waals surface area contributed by atoms with Crippen LogP contribution < -0.4 is 0 Å². The highest BCUT2D eigenvalue weighted by atomic mass is 79.9. The van der Waals surface area contributed by atoms with E-state index in [9.17, 15) is 4.79 Å². The van der Waals surface area contributed by atoms with Gasteiger partial charge >= 0.3 is 5.97 Å². The average molecular weight is 325 g/mol. The Labute approximate surface area is 118 Å². The first kappa shape index (κ1) is 13.7. The second-order valence-corrected chi connectivity index (χ2v) is 5.24. The smallest absolute Gasteiger partial charge is 0.303 e. The number of rotatable bonds is 5. The summed E-state index contributed by atoms with van der Waals surface area (Å²) in [6.07, 6.45) is 0.552. The third-order valence-corrected chi connectivity index (χ3v) is 3.31. The van der Waals surface area contributed by atoms with E-state index in [1.54, 1.807) is 0 Å². The van der Waals surface area contributed by atoms with Gasteiger partial charge in [0.2, 0.25) is 11.8 Å². The minimum Gasteiger partial charge on any atom is -0.481 e. The maximum atomic E-state index is 10.6. The van der Waals surface area contributed by atoms with E-state index in [1.807, 2.05) is 31.2 Å². The second-order valence-electron chi connectivity index (χ2n) is 4.39. The third kappa shape index (κ3) is 3.64. The van der Waals surface area contributed by atoms with E-state index in [-0.39, 0.29) is 12.3 Å². The largest absolute Gasteiger partial charge is 0.481 e. The van der Waals surface area contributed by atoms with Crippen LogP contribution in [0, 0.1) is 5.92 Å². The first-order valence-corrected chi connectivity index (χ1v) is 6.64. The monoisotopic (exact) mass is 324 g/mol. The van der Waals surface area contributed by atoms with E-state index >= 15 is 0 Å².